The summed E-state index contributed by atoms with van der Waals surface area (Å²) in [6.45, 7) is 4.54. The molecule has 0 fully saturated rings. The van der Waals surface area contributed by atoms with Gasteiger partial charge in [0, 0.05) is 6.04 Å². The molecule has 0 heterocycles. The molecule has 0 aliphatic carbocycles. The summed E-state index contributed by atoms with van der Waals surface area (Å²) >= 11 is 0. The summed E-state index contributed by atoms with van der Waals surface area (Å²) < 4.78 is 39.4. The molecule has 0 aliphatic rings. The van der Waals surface area contributed by atoms with Crippen molar-refractivity contribution in [1.82, 2.24) is 10.0 Å². The van der Waals surface area contributed by atoms with E-state index in [1.807, 2.05) is 0 Å². The van der Waals surface area contributed by atoms with Crippen LogP contribution >= 0.6 is 0 Å². The van der Waals surface area contributed by atoms with Crippen molar-refractivity contribution in [3.8, 4) is 0 Å². The van der Waals surface area contributed by atoms with Gasteiger partial charge in [-0.25, -0.2) is 17.5 Å². The number of nitrogens with two attached hydrogens (primary N) is 1. The fraction of sp³-hybridized carbons (Fsp3) is 0.417. The van der Waals surface area contributed by atoms with E-state index in [1.165, 1.54) is 6.92 Å². The van der Waals surface area contributed by atoms with Crippen LogP contribution in [-0.4, -0.2) is 26.9 Å². The maximum Gasteiger partial charge on any atom is 0.241 e. The first-order chi connectivity index (χ1) is 9.13. The molecule has 1 aromatic carbocycles. The number of nitrogens with one attached hydrogen (secondary N) is 2. The monoisotopic (exact) mass is 303 g/mol. The van der Waals surface area contributed by atoms with Gasteiger partial charge in [0.1, 0.15) is 5.82 Å². The topological polar surface area (TPSA) is 101 Å². The minimum Gasteiger partial charge on any atom is -0.396 e. The van der Waals surface area contributed by atoms with Crippen molar-refractivity contribution in [3.05, 3.63) is 23.5 Å². The molecule has 0 saturated heterocycles. The quantitative estimate of drug-likeness (QED) is 0.690. The van der Waals surface area contributed by atoms with E-state index >= 15 is 0 Å². The van der Waals surface area contributed by atoms with Crippen molar-refractivity contribution in [2.24, 2.45) is 0 Å². The van der Waals surface area contributed by atoms with Crippen molar-refractivity contribution in [1.29, 1.82) is 0 Å². The molecule has 20 heavy (non-hydrogen) atoms. The van der Waals surface area contributed by atoms with E-state index in [1.54, 1.807) is 13.8 Å². The number of hydrogen-bond donors (Lipinski definition) is 3. The predicted octanol–water partition coefficient (Wildman–Crippen LogP) is 0.519. The number of aryl methyl sites for hydroxylation is 1. The van der Waals surface area contributed by atoms with Crippen LogP contribution in [0.15, 0.2) is 17.0 Å². The molecule has 0 aliphatic heterocycles. The van der Waals surface area contributed by atoms with Crippen LogP contribution in [0, 0.1) is 12.7 Å². The Labute approximate surface area is 117 Å². The minimum absolute atomic E-state index is 0.0873. The molecule has 0 unspecified atom stereocenters. The SMILES string of the molecule is Cc1cc(S(=O)(=O)NCC(=O)NC(C)C)cc(N)c1F. The number of carbonyl (C=O) groups is 1. The van der Waals surface area contributed by atoms with E-state index in [9.17, 15) is 17.6 Å². The minimum atomic E-state index is -3.91. The normalized spacial score (nSPS) is 11.7. The van der Waals surface area contributed by atoms with Crippen molar-refractivity contribution >= 4 is 21.6 Å². The molecule has 0 bridgehead atoms. The lowest BCUT2D eigenvalue weighted by Crippen LogP contribution is -2.39. The molecular weight excluding hydrogens is 285 g/mol. The zero-order valence-corrected chi connectivity index (χ0v) is 12.3. The van der Waals surface area contributed by atoms with E-state index in [-0.39, 0.29) is 22.2 Å². The van der Waals surface area contributed by atoms with Crippen molar-refractivity contribution in [3.63, 3.8) is 0 Å². The molecule has 0 atom stereocenters. The molecule has 0 aromatic heterocycles. The first-order valence-electron chi connectivity index (χ1n) is 5.98. The fourth-order valence-corrected chi connectivity index (χ4v) is 2.64. The van der Waals surface area contributed by atoms with Gasteiger partial charge in [0.25, 0.3) is 0 Å². The highest BCUT2D eigenvalue weighted by atomic mass is 32.2. The van der Waals surface area contributed by atoms with E-state index in [0.29, 0.717) is 0 Å². The standard InChI is InChI=1S/C12H18FN3O3S/c1-7(2)16-11(17)6-15-20(18,19)9-4-8(3)12(13)10(14)5-9/h4-5,7,15H,6,14H2,1-3H3,(H,16,17). The Morgan fingerprint density at radius 3 is 2.50 bits per heavy atom. The van der Waals surface area contributed by atoms with Gasteiger partial charge in [-0.05, 0) is 38.5 Å². The molecule has 4 N–H and O–H groups in total. The Morgan fingerprint density at radius 1 is 1.40 bits per heavy atom. The Hall–Kier alpha value is -1.67. The molecule has 8 heteroatoms. The van der Waals surface area contributed by atoms with Crippen LogP contribution < -0.4 is 15.8 Å². The number of anilines is 1. The maximum atomic E-state index is 13.4. The fourth-order valence-electron chi connectivity index (χ4n) is 1.53. The molecular formula is C12H18FN3O3S. The number of halogens is 1. The van der Waals surface area contributed by atoms with Gasteiger partial charge in [0.2, 0.25) is 15.9 Å². The summed E-state index contributed by atoms with van der Waals surface area (Å²) in [5.41, 5.74) is 5.26. The lowest BCUT2D eigenvalue weighted by Gasteiger charge is -2.11. The average molecular weight is 303 g/mol. The maximum absolute atomic E-state index is 13.4. The number of carbonyl (C=O) groups excluding carboxylic acids is 1. The van der Waals surface area contributed by atoms with Crippen LogP contribution in [0.5, 0.6) is 0 Å². The smallest absolute Gasteiger partial charge is 0.241 e. The third kappa shape index (κ3) is 4.17. The number of amides is 1. The first kappa shape index (κ1) is 16.4. The van der Waals surface area contributed by atoms with E-state index < -0.39 is 28.3 Å². The number of hydrogen-bond acceptors (Lipinski definition) is 4. The second-order valence-electron chi connectivity index (χ2n) is 4.69. The summed E-state index contributed by atoms with van der Waals surface area (Å²) in [5.74, 6) is -1.10. The molecule has 6 nitrogen and oxygen atoms in total. The summed E-state index contributed by atoms with van der Waals surface area (Å²) in [7, 11) is -3.91. The van der Waals surface area contributed by atoms with Crippen LogP contribution in [0.3, 0.4) is 0 Å². The Balaban J connectivity index is 2.87. The highest BCUT2D eigenvalue weighted by molar-refractivity contribution is 7.89. The third-order valence-electron chi connectivity index (χ3n) is 2.44. The number of rotatable bonds is 5. The molecule has 0 spiro atoms. The van der Waals surface area contributed by atoms with E-state index in [2.05, 4.69) is 10.0 Å². The molecule has 0 radical (unpaired) electrons. The Bertz CT molecular complexity index is 591. The average Bonchev–Trinajstić information content (AvgIpc) is 2.32. The van der Waals surface area contributed by atoms with Crippen LogP contribution in [0.4, 0.5) is 10.1 Å². The highest BCUT2D eigenvalue weighted by Gasteiger charge is 2.18. The van der Waals surface area contributed by atoms with Gasteiger partial charge in [0.15, 0.2) is 0 Å². The van der Waals surface area contributed by atoms with Gasteiger partial charge in [-0.2, -0.15) is 0 Å². The third-order valence-corrected chi connectivity index (χ3v) is 3.82. The Kier molecular flexibility index (Phi) is 5.07. The highest BCUT2D eigenvalue weighted by Crippen LogP contribution is 2.20. The van der Waals surface area contributed by atoms with E-state index in [4.69, 9.17) is 5.73 Å². The van der Waals surface area contributed by atoms with Gasteiger partial charge in [-0.3, -0.25) is 4.79 Å². The van der Waals surface area contributed by atoms with Gasteiger partial charge in [-0.15, -0.1) is 0 Å². The zero-order valence-electron chi connectivity index (χ0n) is 11.5. The second kappa shape index (κ2) is 6.19. The van der Waals surface area contributed by atoms with Crippen molar-refractivity contribution < 1.29 is 17.6 Å². The van der Waals surface area contributed by atoms with E-state index in [0.717, 1.165) is 12.1 Å². The van der Waals surface area contributed by atoms with Gasteiger partial charge in [0.05, 0.1) is 17.1 Å². The summed E-state index contributed by atoms with van der Waals surface area (Å²) in [5, 5.41) is 2.55. The molecule has 1 aromatic rings. The molecule has 112 valence electrons. The van der Waals surface area contributed by atoms with Crippen molar-refractivity contribution in [2.75, 3.05) is 12.3 Å². The van der Waals surface area contributed by atoms with Gasteiger partial charge in [-0.1, -0.05) is 0 Å². The summed E-state index contributed by atoms with van der Waals surface area (Å²) in [4.78, 5) is 11.2. The van der Waals surface area contributed by atoms with Crippen LogP contribution in [0.25, 0.3) is 0 Å². The largest absolute Gasteiger partial charge is 0.396 e. The molecule has 0 saturated carbocycles. The number of benzene rings is 1. The van der Waals surface area contributed by atoms with Gasteiger partial charge < -0.3 is 11.1 Å². The van der Waals surface area contributed by atoms with Crippen LogP contribution in [-0.2, 0) is 14.8 Å². The predicted molar refractivity (Wildman–Crippen MR) is 74.0 cm³/mol. The van der Waals surface area contributed by atoms with Gasteiger partial charge >= 0.3 is 0 Å². The lowest BCUT2D eigenvalue weighted by atomic mass is 10.2. The van der Waals surface area contributed by atoms with Crippen molar-refractivity contribution in [2.45, 2.75) is 31.7 Å². The molecule has 1 amide bonds. The molecule has 1 rings (SSSR count). The Morgan fingerprint density at radius 2 is 2.00 bits per heavy atom. The lowest BCUT2D eigenvalue weighted by molar-refractivity contribution is -0.120. The second-order valence-corrected chi connectivity index (χ2v) is 6.46. The summed E-state index contributed by atoms with van der Waals surface area (Å²) in [6, 6.07) is 2.09. The zero-order chi connectivity index (χ0) is 15.5. The number of sulfonamides is 1. The van der Waals surface area contributed by atoms with Crippen LogP contribution in [0.2, 0.25) is 0 Å². The van der Waals surface area contributed by atoms with Crippen LogP contribution in [0.1, 0.15) is 19.4 Å². The first-order valence-corrected chi connectivity index (χ1v) is 7.46. The summed E-state index contributed by atoms with van der Waals surface area (Å²) in [6.07, 6.45) is 0. The number of nitrogen functional groups attached to an aromatic ring is 1.